The molecule has 3 heteroatoms. The number of ketones is 1. The number of unbranched alkanes of at least 4 members (excludes halogenated alkanes) is 1. The van der Waals surface area contributed by atoms with E-state index in [1.54, 1.807) is 11.8 Å². The van der Waals surface area contributed by atoms with Crippen LogP contribution in [0.5, 0.6) is 0 Å². The topological polar surface area (TPSA) is 26.3 Å². The number of thioether (sulfide) groups is 1. The van der Waals surface area contributed by atoms with E-state index in [1.807, 2.05) is 37.4 Å². The molecule has 17 heavy (non-hydrogen) atoms. The molecule has 0 radical (unpaired) electrons. The molecule has 0 heterocycles. The predicted molar refractivity (Wildman–Crippen MR) is 72.9 cm³/mol. The highest BCUT2D eigenvalue weighted by atomic mass is 32.2. The zero-order valence-corrected chi connectivity index (χ0v) is 11.5. The van der Waals surface area contributed by atoms with Crippen molar-refractivity contribution >= 4 is 17.5 Å². The summed E-state index contributed by atoms with van der Waals surface area (Å²) in [6, 6.07) is 7.68. The van der Waals surface area contributed by atoms with E-state index in [-0.39, 0.29) is 11.9 Å². The highest BCUT2D eigenvalue weighted by Crippen LogP contribution is 2.21. The van der Waals surface area contributed by atoms with Gasteiger partial charge in [0.2, 0.25) is 0 Å². The largest absolute Gasteiger partial charge is 0.370 e. The molecule has 1 aromatic carbocycles. The maximum atomic E-state index is 12.2. The van der Waals surface area contributed by atoms with Gasteiger partial charge in [-0.25, -0.2) is 0 Å². The molecule has 0 fully saturated rings. The molecule has 1 unspecified atom stereocenters. The fourth-order valence-electron chi connectivity index (χ4n) is 1.55. The number of benzene rings is 1. The maximum absolute atomic E-state index is 12.2. The molecule has 0 aromatic heterocycles. The first-order valence-corrected chi connectivity index (χ1v) is 7.22. The normalized spacial score (nSPS) is 12.4. The van der Waals surface area contributed by atoms with Crippen LogP contribution >= 0.6 is 11.8 Å². The van der Waals surface area contributed by atoms with Gasteiger partial charge in [-0.15, -0.1) is 11.8 Å². The first-order chi connectivity index (χ1) is 8.20. The zero-order valence-electron chi connectivity index (χ0n) is 10.7. The molecule has 0 aliphatic rings. The molecular formula is C14H20O2S. The Balaban J connectivity index is 2.67. The van der Waals surface area contributed by atoms with E-state index in [1.165, 1.54) is 0 Å². The lowest BCUT2D eigenvalue weighted by Gasteiger charge is -2.13. The third-order valence-electron chi connectivity index (χ3n) is 2.61. The van der Waals surface area contributed by atoms with E-state index < -0.39 is 0 Å². The van der Waals surface area contributed by atoms with Crippen LogP contribution in [0.25, 0.3) is 0 Å². The van der Waals surface area contributed by atoms with Gasteiger partial charge in [0.05, 0.1) is 0 Å². The van der Waals surface area contributed by atoms with Crippen molar-refractivity contribution in [3.05, 3.63) is 29.8 Å². The molecule has 2 nitrogen and oxygen atoms in total. The summed E-state index contributed by atoms with van der Waals surface area (Å²) >= 11 is 1.59. The summed E-state index contributed by atoms with van der Waals surface area (Å²) in [5, 5.41) is 0. The van der Waals surface area contributed by atoms with E-state index in [2.05, 4.69) is 6.92 Å². The van der Waals surface area contributed by atoms with Crippen LogP contribution in [-0.2, 0) is 4.74 Å². The van der Waals surface area contributed by atoms with Crippen molar-refractivity contribution in [1.29, 1.82) is 0 Å². The molecule has 0 saturated carbocycles. The second-order valence-corrected chi connectivity index (χ2v) is 4.78. The summed E-state index contributed by atoms with van der Waals surface area (Å²) in [6.45, 7) is 4.60. The molecule has 0 aliphatic heterocycles. The molecule has 0 bridgehead atoms. The number of Topliss-reactive ketones (excluding diaryl/α,β-unsaturated/α-hetero) is 1. The molecule has 0 N–H and O–H groups in total. The van der Waals surface area contributed by atoms with Gasteiger partial charge in [0.1, 0.15) is 6.10 Å². The lowest BCUT2D eigenvalue weighted by molar-refractivity contribution is 0.0465. The smallest absolute Gasteiger partial charge is 0.192 e. The third-order valence-corrected chi connectivity index (χ3v) is 3.40. The molecule has 1 aromatic rings. The van der Waals surface area contributed by atoms with E-state index in [0.717, 1.165) is 23.3 Å². The quantitative estimate of drug-likeness (QED) is 0.419. The molecular weight excluding hydrogens is 232 g/mol. The van der Waals surface area contributed by atoms with Gasteiger partial charge in [0, 0.05) is 17.1 Å². The SMILES string of the molecule is CCCCOC(C)C(=O)c1ccccc1SC. The van der Waals surface area contributed by atoms with Crippen LogP contribution < -0.4 is 0 Å². The first kappa shape index (κ1) is 14.3. The van der Waals surface area contributed by atoms with Crippen molar-refractivity contribution in [3.8, 4) is 0 Å². The average molecular weight is 252 g/mol. The van der Waals surface area contributed by atoms with Crippen molar-refractivity contribution in [2.45, 2.75) is 37.7 Å². The molecule has 1 rings (SSSR count). The Kier molecular flexibility index (Phi) is 6.30. The van der Waals surface area contributed by atoms with Crippen LogP contribution in [0.15, 0.2) is 29.2 Å². The molecule has 94 valence electrons. The molecule has 0 spiro atoms. The minimum absolute atomic E-state index is 0.0750. The van der Waals surface area contributed by atoms with Crippen molar-refractivity contribution in [2.24, 2.45) is 0 Å². The Morgan fingerprint density at radius 3 is 2.76 bits per heavy atom. The van der Waals surface area contributed by atoms with E-state index in [9.17, 15) is 4.79 Å². The van der Waals surface area contributed by atoms with E-state index in [0.29, 0.717) is 6.61 Å². The second kappa shape index (κ2) is 7.51. The minimum Gasteiger partial charge on any atom is -0.370 e. The van der Waals surface area contributed by atoms with Gasteiger partial charge in [-0.05, 0) is 25.7 Å². The van der Waals surface area contributed by atoms with Gasteiger partial charge in [-0.3, -0.25) is 4.79 Å². The van der Waals surface area contributed by atoms with Crippen LogP contribution in [0, 0.1) is 0 Å². The van der Waals surface area contributed by atoms with Crippen LogP contribution in [-0.4, -0.2) is 24.7 Å². The summed E-state index contributed by atoms with van der Waals surface area (Å²) in [4.78, 5) is 13.2. The lowest BCUT2D eigenvalue weighted by atomic mass is 10.1. The van der Waals surface area contributed by atoms with E-state index >= 15 is 0 Å². The number of ether oxygens (including phenoxy) is 1. The predicted octanol–water partition coefficient (Wildman–Crippen LogP) is 3.80. The van der Waals surface area contributed by atoms with Gasteiger partial charge >= 0.3 is 0 Å². The molecule has 0 aliphatic carbocycles. The average Bonchev–Trinajstić information content (AvgIpc) is 2.38. The van der Waals surface area contributed by atoms with Crippen molar-refractivity contribution < 1.29 is 9.53 Å². The molecule has 1 atom stereocenters. The van der Waals surface area contributed by atoms with Gasteiger partial charge in [-0.1, -0.05) is 31.5 Å². The Labute approximate surface area is 108 Å². The number of carbonyl (C=O) groups is 1. The molecule has 0 amide bonds. The zero-order chi connectivity index (χ0) is 12.7. The van der Waals surface area contributed by atoms with Gasteiger partial charge < -0.3 is 4.74 Å². The monoisotopic (exact) mass is 252 g/mol. The fourth-order valence-corrected chi connectivity index (χ4v) is 2.15. The minimum atomic E-state index is -0.352. The summed E-state index contributed by atoms with van der Waals surface area (Å²) in [6.07, 6.45) is 3.72. The fraction of sp³-hybridized carbons (Fsp3) is 0.500. The Hall–Kier alpha value is -0.800. The molecule has 0 saturated heterocycles. The first-order valence-electron chi connectivity index (χ1n) is 5.99. The van der Waals surface area contributed by atoms with Crippen LogP contribution in [0.4, 0.5) is 0 Å². The van der Waals surface area contributed by atoms with Crippen molar-refractivity contribution in [1.82, 2.24) is 0 Å². The third kappa shape index (κ3) is 4.17. The number of carbonyl (C=O) groups excluding carboxylic acids is 1. The number of rotatable bonds is 7. The highest BCUT2D eigenvalue weighted by molar-refractivity contribution is 7.98. The van der Waals surface area contributed by atoms with Crippen LogP contribution in [0.3, 0.4) is 0 Å². The summed E-state index contributed by atoms with van der Waals surface area (Å²) in [5.74, 6) is 0.0750. The standard InChI is InChI=1S/C14H20O2S/c1-4-5-10-16-11(2)14(15)12-8-6-7-9-13(12)17-3/h6-9,11H,4-5,10H2,1-3H3. The number of hydrogen-bond acceptors (Lipinski definition) is 3. The van der Waals surface area contributed by atoms with E-state index in [4.69, 9.17) is 4.74 Å². The maximum Gasteiger partial charge on any atom is 0.192 e. The summed E-state index contributed by atoms with van der Waals surface area (Å²) in [7, 11) is 0. The summed E-state index contributed by atoms with van der Waals surface area (Å²) in [5.41, 5.74) is 0.768. The van der Waals surface area contributed by atoms with Crippen LogP contribution in [0.2, 0.25) is 0 Å². The Morgan fingerprint density at radius 2 is 2.12 bits per heavy atom. The van der Waals surface area contributed by atoms with Gasteiger partial charge in [0.15, 0.2) is 5.78 Å². The van der Waals surface area contributed by atoms with Crippen molar-refractivity contribution in [3.63, 3.8) is 0 Å². The van der Waals surface area contributed by atoms with Gasteiger partial charge in [0.25, 0.3) is 0 Å². The highest BCUT2D eigenvalue weighted by Gasteiger charge is 2.17. The Bertz CT molecular complexity index is 363. The number of hydrogen-bond donors (Lipinski definition) is 0. The lowest BCUT2D eigenvalue weighted by Crippen LogP contribution is -2.22. The van der Waals surface area contributed by atoms with Crippen molar-refractivity contribution in [2.75, 3.05) is 12.9 Å². The Morgan fingerprint density at radius 1 is 1.41 bits per heavy atom. The van der Waals surface area contributed by atoms with Gasteiger partial charge in [-0.2, -0.15) is 0 Å². The summed E-state index contributed by atoms with van der Waals surface area (Å²) < 4.78 is 5.54. The second-order valence-electron chi connectivity index (χ2n) is 3.93. The van der Waals surface area contributed by atoms with Crippen LogP contribution in [0.1, 0.15) is 37.0 Å².